The molecule has 0 radical (unpaired) electrons. The van der Waals surface area contributed by atoms with Gasteiger partial charge in [-0.1, -0.05) is 32.9 Å². The van der Waals surface area contributed by atoms with Gasteiger partial charge in [-0.05, 0) is 68.4 Å². The fourth-order valence-corrected chi connectivity index (χ4v) is 4.99. The summed E-state index contributed by atoms with van der Waals surface area (Å²) in [5.41, 5.74) is -2.86. The molecule has 1 aliphatic carbocycles. The third-order valence-electron chi connectivity index (χ3n) is 6.75. The Kier molecular flexibility index (Phi) is 5.00. The van der Waals surface area contributed by atoms with Gasteiger partial charge >= 0.3 is 5.97 Å². The summed E-state index contributed by atoms with van der Waals surface area (Å²) in [7, 11) is 0. The molecule has 1 aromatic rings. The van der Waals surface area contributed by atoms with E-state index in [1.165, 1.54) is 6.92 Å². The van der Waals surface area contributed by atoms with Gasteiger partial charge in [-0.2, -0.15) is 0 Å². The Morgan fingerprint density at radius 3 is 2.29 bits per heavy atom. The first-order valence-electron chi connectivity index (χ1n) is 11.0. The number of rotatable bonds is 4. The predicted molar refractivity (Wildman–Crippen MR) is 114 cm³/mol. The number of Topliss-reactive ketones (excluding diaryl/α,β-unsaturated/α-hetero) is 1. The van der Waals surface area contributed by atoms with Crippen LogP contribution in [0.2, 0.25) is 0 Å². The summed E-state index contributed by atoms with van der Waals surface area (Å²) >= 11 is 0. The lowest BCUT2D eigenvalue weighted by molar-refractivity contribution is -0.223. The molecule has 2 aliphatic heterocycles. The smallest absolute Gasteiger partial charge is 0.342 e. The number of hydrogen-bond acceptors (Lipinski definition) is 6. The van der Waals surface area contributed by atoms with Gasteiger partial charge in [0.15, 0.2) is 5.78 Å². The van der Waals surface area contributed by atoms with Crippen molar-refractivity contribution in [1.82, 2.24) is 0 Å². The van der Waals surface area contributed by atoms with Crippen LogP contribution >= 0.6 is 0 Å². The van der Waals surface area contributed by atoms with Gasteiger partial charge in [0, 0.05) is 5.56 Å². The van der Waals surface area contributed by atoms with Crippen LogP contribution in [0.4, 0.5) is 0 Å². The van der Waals surface area contributed by atoms with Gasteiger partial charge < -0.3 is 19.7 Å². The lowest BCUT2D eigenvalue weighted by Gasteiger charge is -2.49. The Morgan fingerprint density at radius 1 is 1.16 bits per heavy atom. The van der Waals surface area contributed by atoms with E-state index >= 15 is 0 Å². The summed E-state index contributed by atoms with van der Waals surface area (Å²) < 4.78 is 11.4. The standard InChI is InChI=1S/C25H32O6/c1-13(2)9-10-24(28)18-12-16-15(19-7-8-20(16)30-19)11-17(18)21(26)14(3)25(24,29)22(27)31-23(4,5)6/h7-8,11-14,19-20,28-29H,9-10H2,1-6H3/t14-,19?,20?,24+,25-/m0/s1. The number of benzene rings is 1. The van der Waals surface area contributed by atoms with Crippen molar-refractivity contribution in [3.05, 3.63) is 46.5 Å². The van der Waals surface area contributed by atoms with E-state index in [9.17, 15) is 19.8 Å². The molecule has 5 atom stereocenters. The summed E-state index contributed by atoms with van der Waals surface area (Å²) in [4.78, 5) is 26.7. The number of carbonyl (C=O) groups is 2. The monoisotopic (exact) mass is 428 g/mol. The molecule has 2 heterocycles. The van der Waals surface area contributed by atoms with E-state index in [4.69, 9.17) is 9.47 Å². The van der Waals surface area contributed by atoms with E-state index in [0.29, 0.717) is 12.0 Å². The SMILES string of the molecule is CC(C)CC[C@@]1(O)c2cc3c(cc2C(=O)[C@H](C)[C@]1(O)C(=O)OC(C)(C)C)C1C=CC3O1. The summed E-state index contributed by atoms with van der Waals surface area (Å²) in [5, 5.41) is 23.9. The largest absolute Gasteiger partial charge is 0.458 e. The van der Waals surface area contributed by atoms with Crippen molar-refractivity contribution in [3.8, 4) is 0 Å². The van der Waals surface area contributed by atoms with Crippen LogP contribution in [0.5, 0.6) is 0 Å². The molecular formula is C25H32O6. The lowest BCUT2D eigenvalue weighted by Crippen LogP contribution is -2.66. The second-order valence-electron chi connectivity index (χ2n) is 10.5. The molecule has 0 saturated heterocycles. The van der Waals surface area contributed by atoms with E-state index in [-0.39, 0.29) is 35.9 Å². The predicted octanol–water partition coefficient (Wildman–Crippen LogP) is 3.90. The van der Waals surface area contributed by atoms with E-state index in [0.717, 1.165) is 11.1 Å². The molecule has 0 amide bonds. The highest BCUT2D eigenvalue weighted by Crippen LogP contribution is 2.54. The van der Waals surface area contributed by atoms with Gasteiger partial charge in [-0.25, -0.2) is 4.79 Å². The van der Waals surface area contributed by atoms with Crippen molar-refractivity contribution in [3.63, 3.8) is 0 Å². The first kappa shape index (κ1) is 22.2. The molecule has 4 rings (SSSR count). The number of ether oxygens (including phenoxy) is 2. The minimum absolute atomic E-state index is 0.120. The summed E-state index contributed by atoms with van der Waals surface area (Å²) in [5.74, 6) is -2.30. The molecule has 6 nitrogen and oxygen atoms in total. The zero-order valence-corrected chi connectivity index (χ0v) is 19.1. The van der Waals surface area contributed by atoms with Crippen LogP contribution in [-0.4, -0.2) is 33.2 Å². The van der Waals surface area contributed by atoms with Crippen molar-refractivity contribution >= 4 is 11.8 Å². The maximum absolute atomic E-state index is 13.4. The molecule has 0 aromatic heterocycles. The number of fused-ring (bicyclic) bond motifs is 6. The van der Waals surface area contributed by atoms with Gasteiger partial charge in [0.05, 0.1) is 5.92 Å². The Hall–Kier alpha value is -2.02. The molecule has 31 heavy (non-hydrogen) atoms. The average Bonchev–Trinajstić information content (AvgIpc) is 3.29. The molecular weight excluding hydrogens is 396 g/mol. The van der Waals surface area contributed by atoms with Crippen molar-refractivity contribution in [1.29, 1.82) is 0 Å². The molecule has 0 spiro atoms. The molecule has 0 fully saturated rings. The van der Waals surface area contributed by atoms with Crippen LogP contribution < -0.4 is 0 Å². The molecule has 2 N–H and O–H groups in total. The van der Waals surface area contributed by atoms with Crippen LogP contribution in [0.25, 0.3) is 0 Å². The maximum atomic E-state index is 13.4. The highest BCUT2D eigenvalue weighted by atomic mass is 16.6. The number of ketones is 1. The highest BCUT2D eigenvalue weighted by Gasteiger charge is 2.66. The average molecular weight is 429 g/mol. The number of hydrogen-bond donors (Lipinski definition) is 2. The van der Waals surface area contributed by atoms with Gasteiger partial charge in [0.1, 0.15) is 23.4 Å². The van der Waals surface area contributed by atoms with Crippen molar-refractivity contribution in [2.24, 2.45) is 11.8 Å². The van der Waals surface area contributed by atoms with Crippen molar-refractivity contribution in [2.75, 3.05) is 0 Å². The molecule has 1 aromatic carbocycles. The van der Waals surface area contributed by atoms with Crippen molar-refractivity contribution in [2.45, 2.75) is 83.4 Å². The molecule has 2 bridgehead atoms. The van der Waals surface area contributed by atoms with Crippen LogP contribution in [0, 0.1) is 11.8 Å². The quantitative estimate of drug-likeness (QED) is 0.558. The van der Waals surface area contributed by atoms with Crippen LogP contribution in [-0.2, 0) is 19.9 Å². The first-order valence-corrected chi connectivity index (χ1v) is 11.0. The van der Waals surface area contributed by atoms with E-state index in [1.807, 2.05) is 26.0 Å². The molecule has 2 unspecified atom stereocenters. The molecule has 3 aliphatic rings. The molecule has 168 valence electrons. The molecule has 0 saturated carbocycles. The van der Waals surface area contributed by atoms with Gasteiger partial charge in [0.25, 0.3) is 0 Å². The first-order chi connectivity index (χ1) is 14.3. The fourth-order valence-electron chi connectivity index (χ4n) is 4.99. The zero-order valence-electron chi connectivity index (χ0n) is 19.1. The second kappa shape index (κ2) is 6.99. The third-order valence-corrected chi connectivity index (χ3v) is 6.75. The summed E-state index contributed by atoms with van der Waals surface area (Å²) in [6, 6.07) is 3.52. The van der Waals surface area contributed by atoms with Crippen LogP contribution in [0.1, 0.15) is 93.6 Å². The lowest BCUT2D eigenvalue weighted by atomic mass is 9.60. The summed E-state index contributed by atoms with van der Waals surface area (Å²) in [6.45, 7) is 10.6. The summed E-state index contributed by atoms with van der Waals surface area (Å²) in [6.07, 6.45) is 4.13. The Labute approximate surface area is 183 Å². The second-order valence-corrected chi connectivity index (χ2v) is 10.5. The van der Waals surface area contributed by atoms with E-state index in [1.54, 1.807) is 32.9 Å². The topological polar surface area (TPSA) is 93.1 Å². The van der Waals surface area contributed by atoms with Crippen LogP contribution in [0.3, 0.4) is 0 Å². The Morgan fingerprint density at radius 2 is 1.74 bits per heavy atom. The normalized spacial score (nSPS) is 33.6. The highest BCUT2D eigenvalue weighted by molar-refractivity contribution is 6.06. The van der Waals surface area contributed by atoms with Gasteiger partial charge in [-0.3, -0.25) is 4.79 Å². The number of esters is 1. The minimum Gasteiger partial charge on any atom is -0.458 e. The van der Waals surface area contributed by atoms with Crippen LogP contribution in [0.15, 0.2) is 24.3 Å². The zero-order chi connectivity index (χ0) is 22.9. The maximum Gasteiger partial charge on any atom is 0.342 e. The Bertz CT molecular complexity index is 971. The Balaban J connectivity index is 1.91. The number of aliphatic hydroxyl groups is 2. The van der Waals surface area contributed by atoms with E-state index < -0.39 is 28.7 Å². The van der Waals surface area contributed by atoms with Gasteiger partial charge in [-0.15, -0.1) is 0 Å². The minimum atomic E-state index is -2.40. The van der Waals surface area contributed by atoms with E-state index in [2.05, 4.69) is 0 Å². The van der Waals surface area contributed by atoms with Gasteiger partial charge in [0.2, 0.25) is 5.60 Å². The third kappa shape index (κ3) is 3.19. The van der Waals surface area contributed by atoms with Crippen molar-refractivity contribution < 1.29 is 29.3 Å². The molecule has 6 heteroatoms. The number of carbonyl (C=O) groups excluding carboxylic acids is 2. The fraction of sp³-hybridized carbons (Fsp3) is 0.600.